The average Bonchev–Trinajstić information content (AvgIpc) is 3.32. The summed E-state index contributed by atoms with van der Waals surface area (Å²) in [4.78, 5) is 8.58. The molecular weight excluding hydrogens is 392 g/mol. The van der Waals surface area contributed by atoms with Gasteiger partial charge in [0.1, 0.15) is 0 Å². The maximum atomic E-state index is 9.32. The van der Waals surface area contributed by atoms with Crippen molar-refractivity contribution in [1.82, 2.24) is 10.6 Å². The molecule has 0 saturated carbocycles. The summed E-state index contributed by atoms with van der Waals surface area (Å²) in [5.41, 5.74) is 2.54. The number of nitrogens with zero attached hydrogens (tertiary/aromatic N) is 2. The summed E-state index contributed by atoms with van der Waals surface area (Å²) in [6.45, 7) is 11.3. The number of piperidine rings is 1. The molecule has 2 aromatic rings. The molecule has 1 fully saturated rings. The first-order valence-electron chi connectivity index (χ1n) is 11.0. The van der Waals surface area contributed by atoms with Crippen LogP contribution in [-0.4, -0.2) is 43.9 Å². The van der Waals surface area contributed by atoms with Crippen molar-refractivity contribution in [2.75, 3.05) is 37.7 Å². The Morgan fingerprint density at radius 2 is 1.90 bits per heavy atom. The molecule has 2 heterocycles. The van der Waals surface area contributed by atoms with E-state index < -0.39 is 0 Å². The minimum atomic E-state index is 0.0650. The molecule has 0 atom stereocenters. The number of hydrogen-bond donors (Lipinski definition) is 3. The van der Waals surface area contributed by atoms with E-state index in [1.165, 1.54) is 16.1 Å². The highest BCUT2D eigenvalue weighted by Gasteiger charge is 2.22. The van der Waals surface area contributed by atoms with Crippen molar-refractivity contribution in [3.63, 3.8) is 0 Å². The van der Waals surface area contributed by atoms with Gasteiger partial charge in [0.15, 0.2) is 5.96 Å². The van der Waals surface area contributed by atoms with Crippen LogP contribution in [0.2, 0.25) is 0 Å². The number of rotatable bonds is 8. The van der Waals surface area contributed by atoms with Crippen LogP contribution in [0.15, 0.2) is 46.8 Å². The standard InChI is InChI=1S/C24H36N4OS/c1-4-25-23(27-18-24(2,3)22-6-5-15-30-22)26-16-19-7-9-21(10-8-19)28-13-11-20(17-29)12-14-28/h5-10,15,20,29H,4,11-14,16-18H2,1-3H3,(H2,25,26,27). The van der Waals surface area contributed by atoms with Crippen molar-refractivity contribution in [3.8, 4) is 0 Å². The van der Waals surface area contributed by atoms with Gasteiger partial charge in [0.2, 0.25) is 0 Å². The molecule has 0 radical (unpaired) electrons. The predicted molar refractivity (Wildman–Crippen MR) is 129 cm³/mol. The number of hydrogen-bond acceptors (Lipinski definition) is 4. The van der Waals surface area contributed by atoms with Gasteiger partial charge in [-0.05, 0) is 54.8 Å². The maximum absolute atomic E-state index is 9.32. The summed E-state index contributed by atoms with van der Waals surface area (Å²) in [5.74, 6) is 1.33. The highest BCUT2D eigenvalue weighted by molar-refractivity contribution is 7.10. The first kappa shape index (κ1) is 22.6. The number of thiophene rings is 1. The van der Waals surface area contributed by atoms with Crippen LogP contribution in [0.4, 0.5) is 5.69 Å². The SMILES string of the molecule is CCNC(=NCc1ccc(N2CCC(CO)CC2)cc1)NCC(C)(C)c1cccs1. The van der Waals surface area contributed by atoms with Gasteiger partial charge in [0.05, 0.1) is 6.54 Å². The van der Waals surface area contributed by atoms with Gasteiger partial charge in [-0.25, -0.2) is 4.99 Å². The third-order valence-corrected chi connectivity index (χ3v) is 7.06. The number of nitrogens with one attached hydrogen (secondary N) is 2. The third kappa shape index (κ3) is 6.22. The molecule has 0 bridgehead atoms. The first-order chi connectivity index (χ1) is 14.5. The lowest BCUT2D eigenvalue weighted by Gasteiger charge is -2.32. The fourth-order valence-electron chi connectivity index (χ4n) is 3.75. The molecule has 1 saturated heterocycles. The quantitative estimate of drug-likeness (QED) is 0.440. The Labute approximate surface area is 185 Å². The van der Waals surface area contributed by atoms with Gasteiger partial charge < -0.3 is 20.6 Å². The number of aliphatic hydroxyl groups excluding tert-OH is 1. The van der Waals surface area contributed by atoms with E-state index in [4.69, 9.17) is 4.99 Å². The van der Waals surface area contributed by atoms with Crippen LogP contribution in [0, 0.1) is 5.92 Å². The lowest BCUT2D eigenvalue weighted by molar-refractivity contribution is 0.203. The van der Waals surface area contributed by atoms with Crippen LogP contribution in [0.25, 0.3) is 0 Å². The average molecular weight is 429 g/mol. The van der Waals surface area contributed by atoms with Crippen molar-refractivity contribution in [2.24, 2.45) is 10.9 Å². The van der Waals surface area contributed by atoms with E-state index in [9.17, 15) is 5.11 Å². The number of anilines is 1. The number of aliphatic hydroxyl groups is 1. The smallest absolute Gasteiger partial charge is 0.191 e. The highest BCUT2D eigenvalue weighted by Crippen LogP contribution is 2.26. The van der Waals surface area contributed by atoms with E-state index in [2.05, 4.69) is 78.1 Å². The van der Waals surface area contributed by atoms with Gasteiger partial charge in [-0.2, -0.15) is 0 Å². The molecule has 0 amide bonds. The second-order valence-electron chi connectivity index (χ2n) is 8.69. The molecule has 0 unspecified atom stereocenters. The van der Waals surface area contributed by atoms with Gasteiger partial charge in [0, 0.05) is 48.8 Å². The lowest BCUT2D eigenvalue weighted by Crippen LogP contribution is -2.43. The van der Waals surface area contributed by atoms with Crippen LogP contribution in [-0.2, 0) is 12.0 Å². The van der Waals surface area contributed by atoms with Crippen LogP contribution < -0.4 is 15.5 Å². The summed E-state index contributed by atoms with van der Waals surface area (Å²) in [7, 11) is 0. The maximum Gasteiger partial charge on any atom is 0.191 e. The molecule has 0 aliphatic carbocycles. The molecule has 3 N–H and O–H groups in total. The summed E-state index contributed by atoms with van der Waals surface area (Å²) in [5, 5.41) is 18.3. The van der Waals surface area contributed by atoms with Crippen molar-refractivity contribution >= 4 is 23.0 Å². The van der Waals surface area contributed by atoms with Crippen molar-refractivity contribution in [1.29, 1.82) is 0 Å². The highest BCUT2D eigenvalue weighted by atomic mass is 32.1. The van der Waals surface area contributed by atoms with Gasteiger partial charge >= 0.3 is 0 Å². The Balaban J connectivity index is 1.55. The number of aliphatic imine (C=N–C) groups is 1. The largest absolute Gasteiger partial charge is 0.396 e. The summed E-state index contributed by atoms with van der Waals surface area (Å²) < 4.78 is 0. The Hall–Kier alpha value is -2.05. The fourth-order valence-corrected chi connectivity index (χ4v) is 4.61. The summed E-state index contributed by atoms with van der Waals surface area (Å²) in [6.07, 6.45) is 2.14. The van der Waals surface area contributed by atoms with Crippen LogP contribution in [0.1, 0.15) is 44.1 Å². The molecular formula is C24H36N4OS. The van der Waals surface area contributed by atoms with Gasteiger partial charge in [-0.3, -0.25) is 0 Å². The van der Waals surface area contributed by atoms with E-state index in [1.807, 2.05) is 0 Å². The molecule has 1 aromatic heterocycles. The van der Waals surface area contributed by atoms with E-state index in [1.54, 1.807) is 11.3 Å². The lowest BCUT2D eigenvalue weighted by atomic mass is 9.91. The molecule has 1 aliphatic rings. The monoisotopic (exact) mass is 428 g/mol. The first-order valence-corrected chi connectivity index (χ1v) is 11.9. The van der Waals surface area contributed by atoms with Crippen LogP contribution >= 0.6 is 11.3 Å². The second kappa shape index (κ2) is 10.8. The van der Waals surface area contributed by atoms with Crippen LogP contribution in [0.5, 0.6) is 0 Å². The zero-order valence-corrected chi connectivity index (χ0v) is 19.3. The fraction of sp³-hybridized carbons (Fsp3) is 0.542. The Morgan fingerprint density at radius 1 is 1.17 bits per heavy atom. The zero-order valence-electron chi connectivity index (χ0n) is 18.5. The number of guanidine groups is 1. The predicted octanol–water partition coefficient (Wildman–Crippen LogP) is 3.99. The molecule has 5 nitrogen and oxygen atoms in total. The van der Waals surface area contributed by atoms with Crippen molar-refractivity contribution < 1.29 is 5.11 Å². The normalized spacial score (nSPS) is 16.0. The van der Waals surface area contributed by atoms with Gasteiger partial charge in [-0.15, -0.1) is 11.3 Å². The molecule has 0 spiro atoms. The van der Waals surface area contributed by atoms with E-state index in [0.717, 1.165) is 45.0 Å². The van der Waals surface area contributed by atoms with Gasteiger partial charge in [0.25, 0.3) is 0 Å². The van der Waals surface area contributed by atoms with Gasteiger partial charge in [-0.1, -0.05) is 32.0 Å². The Kier molecular flexibility index (Phi) is 8.16. The van der Waals surface area contributed by atoms with Crippen molar-refractivity contribution in [2.45, 2.75) is 45.6 Å². The van der Waals surface area contributed by atoms with E-state index in [0.29, 0.717) is 19.1 Å². The minimum Gasteiger partial charge on any atom is -0.396 e. The molecule has 3 rings (SSSR count). The third-order valence-electron chi connectivity index (χ3n) is 5.82. The van der Waals surface area contributed by atoms with Crippen molar-refractivity contribution in [3.05, 3.63) is 52.2 Å². The second-order valence-corrected chi connectivity index (χ2v) is 9.64. The topological polar surface area (TPSA) is 59.9 Å². The summed E-state index contributed by atoms with van der Waals surface area (Å²) >= 11 is 1.80. The zero-order chi connectivity index (χ0) is 21.4. The van der Waals surface area contributed by atoms with E-state index >= 15 is 0 Å². The molecule has 1 aliphatic heterocycles. The molecule has 6 heteroatoms. The number of benzene rings is 1. The van der Waals surface area contributed by atoms with E-state index in [-0.39, 0.29) is 5.41 Å². The molecule has 30 heavy (non-hydrogen) atoms. The molecule has 164 valence electrons. The Morgan fingerprint density at radius 3 is 2.50 bits per heavy atom. The Bertz CT molecular complexity index is 778. The minimum absolute atomic E-state index is 0.0650. The molecule has 1 aromatic carbocycles. The summed E-state index contributed by atoms with van der Waals surface area (Å²) in [6, 6.07) is 13.1. The van der Waals surface area contributed by atoms with Crippen LogP contribution in [0.3, 0.4) is 0 Å².